The van der Waals surface area contributed by atoms with Crippen LogP contribution in [0.3, 0.4) is 0 Å². The Kier molecular flexibility index (Phi) is 4.59. The summed E-state index contributed by atoms with van der Waals surface area (Å²) in [5, 5.41) is 2.70. The van der Waals surface area contributed by atoms with Gasteiger partial charge >= 0.3 is 0 Å². The monoisotopic (exact) mass is 260 g/mol. The highest BCUT2D eigenvalue weighted by atomic mass is 16.1. The molecule has 0 radical (unpaired) electrons. The number of hydrogen-bond acceptors (Lipinski definition) is 2. The molecule has 1 aliphatic heterocycles. The minimum Gasteiger partial charge on any atom is -0.359 e. The fourth-order valence-electron chi connectivity index (χ4n) is 2.95. The summed E-state index contributed by atoms with van der Waals surface area (Å²) in [6, 6.07) is 7.05. The van der Waals surface area contributed by atoms with Crippen molar-refractivity contribution in [1.29, 1.82) is 0 Å². The van der Waals surface area contributed by atoms with E-state index in [0.717, 1.165) is 13.1 Å². The first-order valence-electron chi connectivity index (χ1n) is 7.14. The van der Waals surface area contributed by atoms with E-state index >= 15 is 0 Å². The second-order valence-corrected chi connectivity index (χ2v) is 5.41. The normalized spacial score (nSPS) is 19.6. The Hall–Kier alpha value is -1.35. The molecule has 104 valence electrons. The number of hydrogen-bond donors (Lipinski definition) is 1. The average Bonchev–Trinajstić information content (AvgIpc) is 2.87. The molecule has 2 rings (SSSR count). The number of nitrogens with zero attached hydrogens (tertiary/aromatic N) is 1. The molecule has 0 unspecified atom stereocenters. The zero-order chi connectivity index (χ0) is 13.8. The predicted octanol–water partition coefficient (Wildman–Crippen LogP) is 2.58. The number of amides is 1. The van der Waals surface area contributed by atoms with Gasteiger partial charge in [0, 0.05) is 26.1 Å². The van der Waals surface area contributed by atoms with Gasteiger partial charge in [0.05, 0.1) is 0 Å². The van der Waals surface area contributed by atoms with E-state index in [1.807, 2.05) is 0 Å². The van der Waals surface area contributed by atoms with Crippen molar-refractivity contribution in [2.24, 2.45) is 0 Å². The highest BCUT2D eigenvalue weighted by Crippen LogP contribution is 2.34. The Balaban J connectivity index is 2.10. The predicted molar refractivity (Wildman–Crippen MR) is 78.1 cm³/mol. The highest BCUT2D eigenvalue weighted by molar-refractivity contribution is 5.75. The molecular formula is C16H24N2O. The third-order valence-electron chi connectivity index (χ3n) is 4.27. The second-order valence-electron chi connectivity index (χ2n) is 5.41. The molecular weight excluding hydrogens is 236 g/mol. The van der Waals surface area contributed by atoms with Gasteiger partial charge in [-0.15, -0.1) is 0 Å². The van der Waals surface area contributed by atoms with Crippen molar-refractivity contribution in [1.82, 2.24) is 10.2 Å². The summed E-state index contributed by atoms with van der Waals surface area (Å²) >= 11 is 0. The molecule has 3 nitrogen and oxygen atoms in total. The van der Waals surface area contributed by atoms with Crippen molar-refractivity contribution in [2.45, 2.75) is 39.2 Å². The summed E-state index contributed by atoms with van der Waals surface area (Å²) in [6.45, 7) is 6.34. The van der Waals surface area contributed by atoms with Crippen LogP contribution < -0.4 is 5.32 Å². The maximum atomic E-state index is 11.4. The molecule has 0 aromatic heterocycles. The van der Waals surface area contributed by atoms with Crippen molar-refractivity contribution in [2.75, 3.05) is 20.1 Å². The number of carbonyl (C=O) groups is 1. The van der Waals surface area contributed by atoms with E-state index in [9.17, 15) is 4.79 Å². The van der Waals surface area contributed by atoms with E-state index in [-0.39, 0.29) is 5.91 Å². The van der Waals surface area contributed by atoms with E-state index in [2.05, 4.69) is 42.3 Å². The molecule has 1 saturated heterocycles. The molecule has 1 aromatic carbocycles. The van der Waals surface area contributed by atoms with E-state index < -0.39 is 0 Å². The van der Waals surface area contributed by atoms with Crippen LogP contribution in [-0.4, -0.2) is 30.9 Å². The van der Waals surface area contributed by atoms with Crippen LogP contribution in [0.2, 0.25) is 0 Å². The zero-order valence-electron chi connectivity index (χ0n) is 12.2. The van der Waals surface area contributed by atoms with Crippen molar-refractivity contribution in [3.8, 4) is 0 Å². The lowest BCUT2D eigenvalue weighted by atomic mass is 9.96. The van der Waals surface area contributed by atoms with E-state index in [0.29, 0.717) is 12.5 Å². The van der Waals surface area contributed by atoms with Gasteiger partial charge in [0.2, 0.25) is 5.91 Å². The number of carbonyl (C=O) groups excluding carboxylic acids is 1. The Morgan fingerprint density at radius 2 is 2.21 bits per heavy atom. The summed E-state index contributed by atoms with van der Waals surface area (Å²) in [7, 11) is 1.70. The SMILES string of the molecule is CNC(=O)CCN1CCC[C@H]1c1cccc(C)c1C. The molecule has 1 atom stereocenters. The minimum atomic E-state index is 0.131. The highest BCUT2D eigenvalue weighted by Gasteiger charge is 2.27. The van der Waals surface area contributed by atoms with Gasteiger partial charge in [0.25, 0.3) is 0 Å². The van der Waals surface area contributed by atoms with Gasteiger partial charge in [-0.05, 0) is 49.9 Å². The minimum absolute atomic E-state index is 0.131. The van der Waals surface area contributed by atoms with Crippen LogP contribution >= 0.6 is 0 Å². The van der Waals surface area contributed by atoms with Crippen LogP contribution in [0.4, 0.5) is 0 Å². The van der Waals surface area contributed by atoms with Gasteiger partial charge < -0.3 is 5.32 Å². The van der Waals surface area contributed by atoms with Gasteiger partial charge in [0.1, 0.15) is 0 Å². The quantitative estimate of drug-likeness (QED) is 0.902. The third-order valence-corrected chi connectivity index (χ3v) is 4.27. The van der Waals surface area contributed by atoms with Gasteiger partial charge in [-0.3, -0.25) is 9.69 Å². The van der Waals surface area contributed by atoms with Crippen molar-refractivity contribution < 1.29 is 4.79 Å². The summed E-state index contributed by atoms with van der Waals surface area (Å²) in [4.78, 5) is 13.9. The lowest BCUT2D eigenvalue weighted by molar-refractivity contribution is -0.121. The number of nitrogens with one attached hydrogen (secondary N) is 1. The van der Waals surface area contributed by atoms with Crippen molar-refractivity contribution in [3.05, 3.63) is 34.9 Å². The molecule has 1 aliphatic rings. The number of benzene rings is 1. The maximum absolute atomic E-state index is 11.4. The third kappa shape index (κ3) is 3.16. The zero-order valence-corrected chi connectivity index (χ0v) is 12.2. The summed E-state index contributed by atoms with van der Waals surface area (Å²) in [5.74, 6) is 0.131. The van der Waals surface area contributed by atoms with Gasteiger partial charge in [0.15, 0.2) is 0 Å². The Bertz CT molecular complexity index is 456. The first-order valence-corrected chi connectivity index (χ1v) is 7.14. The topological polar surface area (TPSA) is 32.3 Å². The number of rotatable bonds is 4. The number of aryl methyl sites for hydroxylation is 1. The second kappa shape index (κ2) is 6.20. The Morgan fingerprint density at radius 3 is 2.95 bits per heavy atom. The summed E-state index contributed by atoms with van der Waals surface area (Å²) < 4.78 is 0. The Morgan fingerprint density at radius 1 is 1.42 bits per heavy atom. The van der Waals surface area contributed by atoms with Crippen molar-refractivity contribution >= 4 is 5.91 Å². The molecule has 1 N–H and O–H groups in total. The fraction of sp³-hybridized carbons (Fsp3) is 0.562. The molecule has 1 heterocycles. The van der Waals surface area contributed by atoms with E-state index in [4.69, 9.17) is 0 Å². The molecule has 19 heavy (non-hydrogen) atoms. The van der Waals surface area contributed by atoms with Crippen molar-refractivity contribution in [3.63, 3.8) is 0 Å². The lowest BCUT2D eigenvalue weighted by Gasteiger charge is -2.26. The molecule has 1 fully saturated rings. The summed E-state index contributed by atoms with van der Waals surface area (Å²) in [6.07, 6.45) is 3.03. The molecule has 0 bridgehead atoms. The first-order chi connectivity index (χ1) is 9.13. The van der Waals surface area contributed by atoms with Gasteiger partial charge in [-0.1, -0.05) is 18.2 Å². The van der Waals surface area contributed by atoms with Crippen LogP contribution in [0.5, 0.6) is 0 Å². The van der Waals surface area contributed by atoms with Crippen LogP contribution in [0.1, 0.15) is 42.0 Å². The smallest absolute Gasteiger partial charge is 0.221 e. The summed E-state index contributed by atoms with van der Waals surface area (Å²) in [5.41, 5.74) is 4.20. The lowest BCUT2D eigenvalue weighted by Crippen LogP contribution is -2.29. The first kappa shape index (κ1) is 14.1. The van der Waals surface area contributed by atoms with Crippen LogP contribution in [0.25, 0.3) is 0 Å². The molecule has 1 amide bonds. The number of likely N-dealkylation sites (tertiary alicyclic amines) is 1. The molecule has 3 heteroatoms. The fourth-order valence-corrected chi connectivity index (χ4v) is 2.95. The van der Waals surface area contributed by atoms with Crippen LogP contribution in [0, 0.1) is 13.8 Å². The standard InChI is InChI=1S/C16H24N2O/c1-12-6-4-7-14(13(12)2)15-8-5-10-18(15)11-9-16(19)17-3/h4,6-7,15H,5,8-11H2,1-3H3,(H,17,19)/t15-/m0/s1. The maximum Gasteiger partial charge on any atom is 0.221 e. The van der Waals surface area contributed by atoms with Gasteiger partial charge in [-0.2, -0.15) is 0 Å². The van der Waals surface area contributed by atoms with E-state index in [1.165, 1.54) is 29.5 Å². The molecule has 0 aliphatic carbocycles. The molecule has 1 aromatic rings. The largest absolute Gasteiger partial charge is 0.359 e. The van der Waals surface area contributed by atoms with E-state index in [1.54, 1.807) is 7.05 Å². The average molecular weight is 260 g/mol. The molecule has 0 spiro atoms. The van der Waals surface area contributed by atoms with Crippen LogP contribution in [0.15, 0.2) is 18.2 Å². The Labute approximate surface area is 116 Å². The van der Waals surface area contributed by atoms with Gasteiger partial charge in [-0.25, -0.2) is 0 Å². The van der Waals surface area contributed by atoms with Crippen LogP contribution in [-0.2, 0) is 4.79 Å². The molecule has 0 saturated carbocycles.